The molecule has 1 atom stereocenters. The maximum atomic E-state index is 10.2. The second-order valence-electron chi connectivity index (χ2n) is 5.13. The quantitative estimate of drug-likeness (QED) is 0.816. The van der Waals surface area contributed by atoms with Crippen LogP contribution in [0.5, 0.6) is 0 Å². The number of hydrogen-bond acceptors (Lipinski definition) is 2. The van der Waals surface area contributed by atoms with Gasteiger partial charge >= 0.3 is 0 Å². The number of aliphatic hydroxyl groups is 1. The number of rotatable bonds is 4. The maximum absolute atomic E-state index is 10.2. The van der Waals surface area contributed by atoms with E-state index in [4.69, 9.17) is 11.6 Å². The predicted octanol–water partition coefficient (Wildman–Crippen LogP) is 3.69. The summed E-state index contributed by atoms with van der Waals surface area (Å²) >= 11 is 6.08. The lowest BCUT2D eigenvalue weighted by Gasteiger charge is -2.19. The monoisotopic (exact) mass is 267 g/mol. The third kappa shape index (κ3) is 3.98. The van der Waals surface area contributed by atoms with Gasteiger partial charge in [0.25, 0.3) is 0 Å². The molecule has 2 rings (SSSR count). The highest BCUT2D eigenvalue weighted by Crippen LogP contribution is 2.23. The van der Waals surface area contributed by atoms with Gasteiger partial charge in [0.2, 0.25) is 0 Å². The minimum atomic E-state index is -0.512. The Balaban J connectivity index is 1.84. The van der Waals surface area contributed by atoms with Crippen LogP contribution in [-0.4, -0.2) is 17.7 Å². The fraction of sp³-hybridized carbons (Fsp3) is 0.600. The lowest BCUT2D eigenvalue weighted by Crippen LogP contribution is -2.32. The molecule has 0 spiro atoms. The first-order valence-electron chi connectivity index (χ1n) is 6.93. The number of hydrogen-bond donors (Lipinski definition) is 2. The van der Waals surface area contributed by atoms with Gasteiger partial charge in [0.1, 0.15) is 0 Å². The van der Waals surface area contributed by atoms with Crippen LogP contribution in [-0.2, 0) is 0 Å². The zero-order chi connectivity index (χ0) is 12.8. The Morgan fingerprint density at radius 2 is 1.83 bits per heavy atom. The van der Waals surface area contributed by atoms with Crippen LogP contribution < -0.4 is 5.32 Å². The van der Waals surface area contributed by atoms with E-state index in [1.807, 2.05) is 24.3 Å². The van der Waals surface area contributed by atoms with E-state index < -0.39 is 6.10 Å². The van der Waals surface area contributed by atoms with Crippen LogP contribution in [0.1, 0.15) is 50.2 Å². The molecule has 1 aromatic rings. The summed E-state index contributed by atoms with van der Waals surface area (Å²) < 4.78 is 0. The van der Waals surface area contributed by atoms with Crippen molar-refractivity contribution in [2.75, 3.05) is 6.54 Å². The van der Waals surface area contributed by atoms with Crippen LogP contribution in [0.15, 0.2) is 24.3 Å². The summed E-state index contributed by atoms with van der Waals surface area (Å²) in [7, 11) is 0. The molecule has 18 heavy (non-hydrogen) atoms. The summed E-state index contributed by atoms with van der Waals surface area (Å²) in [5.41, 5.74) is 0.820. The van der Waals surface area contributed by atoms with Gasteiger partial charge in [-0.3, -0.25) is 0 Å². The molecule has 1 saturated carbocycles. The fourth-order valence-corrected chi connectivity index (χ4v) is 2.88. The molecule has 2 nitrogen and oxygen atoms in total. The Morgan fingerprint density at radius 1 is 1.17 bits per heavy atom. The van der Waals surface area contributed by atoms with Gasteiger partial charge in [-0.2, -0.15) is 0 Å². The van der Waals surface area contributed by atoms with Crippen molar-refractivity contribution < 1.29 is 5.11 Å². The highest BCUT2D eigenvalue weighted by Gasteiger charge is 2.15. The Kier molecular flexibility index (Phi) is 5.48. The van der Waals surface area contributed by atoms with E-state index >= 15 is 0 Å². The van der Waals surface area contributed by atoms with Crippen LogP contribution in [0.4, 0.5) is 0 Å². The molecule has 0 bridgehead atoms. The molecule has 1 unspecified atom stereocenters. The van der Waals surface area contributed by atoms with E-state index in [0.29, 0.717) is 17.6 Å². The SMILES string of the molecule is OC(CNC1CCCCCC1)c1ccccc1Cl. The highest BCUT2D eigenvalue weighted by atomic mass is 35.5. The van der Waals surface area contributed by atoms with Gasteiger partial charge in [-0.1, -0.05) is 55.5 Å². The van der Waals surface area contributed by atoms with Crippen molar-refractivity contribution in [3.63, 3.8) is 0 Å². The Hall–Kier alpha value is -0.570. The molecule has 1 aliphatic rings. The number of benzene rings is 1. The van der Waals surface area contributed by atoms with Crippen molar-refractivity contribution in [1.82, 2.24) is 5.32 Å². The first-order chi connectivity index (χ1) is 8.77. The third-order valence-corrected chi connectivity index (χ3v) is 4.06. The molecule has 100 valence electrons. The Morgan fingerprint density at radius 3 is 2.50 bits per heavy atom. The molecule has 1 aliphatic carbocycles. The van der Waals surface area contributed by atoms with Gasteiger partial charge in [-0.25, -0.2) is 0 Å². The molecule has 0 amide bonds. The lowest BCUT2D eigenvalue weighted by atomic mass is 10.1. The smallest absolute Gasteiger partial charge is 0.0928 e. The van der Waals surface area contributed by atoms with Crippen LogP contribution in [0.25, 0.3) is 0 Å². The van der Waals surface area contributed by atoms with Crippen LogP contribution in [0.3, 0.4) is 0 Å². The van der Waals surface area contributed by atoms with Crippen molar-refractivity contribution in [3.05, 3.63) is 34.9 Å². The predicted molar refractivity (Wildman–Crippen MR) is 75.9 cm³/mol. The topological polar surface area (TPSA) is 32.3 Å². The number of aliphatic hydroxyl groups excluding tert-OH is 1. The van der Waals surface area contributed by atoms with Crippen molar-refractivity contribution >= 4 is 11.6 Å². The van der Waals surface area contributed by atoms with Gasteiger partial charge in [-0.05, 0) is 18.9 Å². The molecule has 3 heteroatoms. The summed E-state index contributed by atoms with van der Waals surface area (Å²) in [5, 5.41) is 14.3. The maximum Gasteiger partial charge on any atom is 0.0928 e. The first kappa shape index (κ1) is 13.9. The third-order valence-electron chi connectivity index (χ3n) is 3.72. The van der Waals surface area contributed by atoms with Gasteiger partial charge in [0, 0.05) is 23.2 Å². The van der Waals surface area contributed by atoms with Gasteiger partial charge < -0.3 is 10.4 Å². The Labute approximate surface area is 114 Å². The standard InChI is InChI=1S/C15H22ClNO/c16-14-10-6-5-9-13(14)15(18)11-17-12-7-3-1-2-4-8-12/h5-6,9-10,12,15,17-18H,1-4,7-8,11H2. The van der Waals surface area contributed by atoms with E-state index in [9.17, 15) is 5.11 Å². The van der Waals surface area contributed by atoms with Crippen molar-refractivity contribution in [1.29, 1.82) is 0 Å². The second-order valence-corrected chi connectivity index (χ2v) is 5.54. The lowest BCUT2D eigenvalue weighted by molar-refractivity contribution is 0.168. The zero-order valence-corrected chi connectivity index (χ0v) is 11.5. The average molecular weight is 268 g/mol. The molecule has 1 fully saturated rings. The van der Waals surface area contributed by atoms with Gasteiger partial charge in [-0.15, -0.1) is 0 Å². The molecule has 2 N–H and O–H groups in total. The first-order valence-corrected chi connectivity index (χ1v) is 7.31. The fourth-order valence-electron chi connectivity index (χ4n) is 2.62. The molecule has 0 aliphatic heterocycles. The average Bonchev–Trinajstić information content (AvgIpc) is 2.65. The van der Waals surface area contributed by atoms with Crippen molar-refractivity contribution in [2.45, 2.75) is 50.7 Å². The van der Waals surface area contributed by atoms with Crippen LogP contribution in [0, 0.1) is 0 Å². The van der Waals surface area contributed by atoms with E-state index in [2.05, 4.69) is 5.32 Å². The normalized spacial score (nSPS) is 19.4. The van der Waals surface area contributed by atoms with Gasteiger partial charge in [0.05, 0.1) is 6.10 Å². The second kappa shape index (κ2) is 7.13. The van der Waals surface area contributed by atoms with E-state index in [0.717, 1.165) is 5.56 Å². The molecule has 0 saturated heterocycles. The number of nitrogens with one attached hydrogen (secondary N) is 1. The largest absolute Gasteiger partial charge is 0.387 e. The summed E-state index contributed by atoms with van der Waals surface area (Å²) in [6.07, 6.45) is 7.27. The van der Waals surface area contributed by atoms with Crippen LogP contribution >= 0.6 is 11.6 Å². The summed E-state index contributed by atoms with van der Waals surface area (Å²) in [5.74, 6) is 0. The minimum absolute atomic E-state index is 0.512. The van der Waals surface area contributed by atoms with E-state index in [1.54, 1.807) is 0 Å². The summed E-state index contributed by atoms with van der Waals surface area (Å²) in [4.78, 5) is 0. The van der Waals surface area contributed by atoms with E-state index in [1.165, 1.54) is 38.5 Å². The zero-order valence-electron chi connectivity index (χ0n) is 10.7. The molecule has 0 radical (unpaired) electrons. The molecule has 0 aromatic heterocycles. The molecule has 1 aromatic carbocycles. The molecule has 0 heterocycles. The molecular formula is C15H22ClNO. The van der Waals surface area contributed by atoms with Crippen molar-refractivity contribution in [3.8, 4) is 0 Å². The minimum Gasteiger partial charge on any atom is -0.387 e. The van der Waals surface area contributed by atoms with E-state index in [-0.39, 0.29) is 0 Å². The summed E-state index contributed by atoms with van der Waals surface area (Å²) in [6.45, 7) is 0.592. The Bertz CT molecular complexity index is 361. The number of halogens is 1. The van der Waals surface area contributed by atoms with Crippen LogP contribution in [0.2, 0.25) is 5.02 Å². The van der Waals surface area contributed by atoms with Gasteiger partial charge in [0.15, 0.2) is 0 Å². The summed E-state index contributed by atoms with van der Waals surface area (Å²) in [6, 6.07) is 8.07. The highest BCUT2D eigenvalue weighted by molar-refractivity contribution is 6.31. The molecular weight excluding hydrogens is 246 g/mol. The van der Waals surface area contributed by atoms with Crippen molar-refractivity contribution in [2.24, 2.45) is 0 Å².